The van der Waals surface area contributed by atoms with Gasteiger partial charge >= 0.3 is 0 Å². The molecule has 1 aromatic rings. The highest BCUT2D eigenvalue weighted by Gasteiger charge is 2.25. The largest absolute Gasteiger partial charge is 0.368 e. The summed E-state index contributed by atoms with van der Waals surface area (Å²) in [4.78, 5) is 2.30. The molecular weight excluding hydrogens is 237 g/mol. The molecule has 1 saturated heterocycles. The van der Waals surface area contributed by atoms with Crippen LogP contribution in [0, 0.1) is 11.7 Å². The third-order valence-corrected chi connectivity index (χ3v) is 4.11. The topological polar surface area (TPSA) is 3.24 Å². The highest BCUT2D eigenvalue weighted by molar-refractivity contribution is 6.17. The zero-order valence-corrected chi connectivity index (χ0v) is 11.2. The standard InChI is InChI=1S/C14H19ClFN/c1-10-4-3-5-17(11(10)2)14-7-12(9-15)6-13(16)8-14/h6-8,10-11H,3-5,9H2,1-2H3. The molecular formula is C14H19ClFN. The van der Waals surface area contributed by atoms with Gasteiger partial charge in [0.2, 0.25) is 0 Å². The summed E-state index contributed by atoms with van der Waals surface area (Å²) in [5, 5.41) is 0. The van der Waals surface area contributed by atoms with Crippen LogP contribution in [0.2, 0.25) is 0 Å². The summed E-state index contributed by atoms with van der Waals surface area (Å²) in [5.41, 5.74) is 1.83. The number of hydrogen-bond donors (Lipinski definition) is 0. The average molecular weight is 256 g/mol. The highest BCUT2D eigenvalue weighted by atomic mass is 35.5. The summed E-state index contributed by atoms with van der Waals surface area (Å²) in [7, 11) is 0. The van der Waals surface area contributed by atoms with Crippen LogP contribution in [0.4, 0.5) is 10.1 Å². The van der Waals surface area contributed by atoms with E-state index in [0.29, 0.717) is 17.8 Å². The fourth-order valence-electron chi connectivity index (χ4n) is 2.58. The molecule has 1 aromatic carbocycles. The minimum absolute atomic E-state index is 0.191. The second-order valence-electron chi connectivity index (χ2n) is 5.00. The van der Waals surface area contributed by atoms with Gasteiger partial charge in [0.15, 0.2) is 0 Å². The SMILES string of the molecule is CC1CCCN(c2cc(F)cc(CCl)c2)C1C. The summed E-state index contributed by atoms with van der Waals surface area (Å²) in [6.07, 6.45) is 2.44. The Morgan fingerprint density at radius 1 is 1.35 bits per heavy atom. The number of rotatable bonds is 2. The zero-order chi connectivity index (χ0) is 12.4. The molecule has 3 heteroatoms. The van der Waals surface area contributed by atoms with Crippen molar-refractivity contribution in [1.29, 1.82) is 0 Å². The van der Waals surface area contributed by atoms with E-state index in [0.717, 1.165) is 17.8 Å². The number of anilines is 1. The van der Waals surface area contributed by atoms with Crippen molar-refractivity contribution in [1.82, 2.24) is 0 Å². The van der Waals surface area contributed by atoms with Crippen LogP contribution in [0.5, 0.6) is 0 Å². The molecule has 0 aliphatic carbocycles. The molecule has 0 saturated carbocycles. The summed E-state index contributed by atoms with van der Waals surface area (Å²) in [6, 6.07) is 5.60. The first-order valence-corrected chi connectivity index (χ1v) is 6.77. The summed E-state index contributed by atoms with van der Waals surface area (Å²) >= 11 is 5.79. The second-order valence-corrected chi connectivity index (χ2v) is 5.27. The van der Waals surface area contributed by atoms with E-state index in [2.05, 4.69) is 18.7 Å². The van der Waals surface area contributed by atoms with Crippen LogP contribution in [0.25, 0.3) is 0 Å². The molecule has 0 aromatic heterocycles. The van der Waals surface area contributed by atoms with Crippen molar-refractivity contribution < 1.29 is 4.39 Å². The van der Waals surface area contributed by atoms with Crippen molar-refractivity contribution in [3.8, 4) is 0 Å². The van der Waals surface area contributed by atoms with Crippen LogP contribution in [0.15, 0.2) is 18.2 Å². The molecule has 2 rings (SSSR count). The monoisotopic (exact) mass is 255 g/mol. The first-order chi connectivity index (χ1) is 8.11. The van der Waals surface area contributed by atoms with E-state index in [9.17, 15) is 4.39 Å². The summed E-state index contributed by atoms with van der Waals surface area (Å²) in [5.74, 6) is 0.831. The molecule has 2 atom stereocenters. The average Bonchev–Trinajstić information content (AvgIpc) is 2.31. The van der Waals surface area contributed by atoms with Crippen molar-refractivity contribution in [3.05, 3.63) is 29.6 Å². The molecule has 0 N–H and O–H groups in total. The number of halogens is 2. The Bertz CT molecular complexity index is 394. The maximum absolute atomic E-state index is 13.5. The Labute approximate surface area is 108 Å². The minimum atomic E-state index is -0.191. The molecule has 2 unspecified atom stereocenters. The van der Waals surface area contributed by atoms with E-state index in [1.54, 1.807) is 6.07 Å². The van der Waals surface area contributed by atoms with Crippen molar-refractivity contribution >= 4 is 17.3 Å². The Balaban J connectivity index is 2.29. The summed E-state index contributed by atoms with van der Waals surface area (Å²) < 4.78 is 13.5. The molecule has 0 amide bonds. The minimum Gasteiger partial charge on any atom is -0.368 e. The van der Waals surface area contributed by atoms with Gasteiger partial charge in [-0.3, -0.25) is 0 Å². The number of hydrogen-bond acceptors (Lipinski definition) is 1. The second kappa shape index (κ2) is 5.26. The van der Waals surface area contributed by atoms with Gasteiger partial charge in [-0.25, -0.2) is 4.39 Å². The maximum Gasteiger partial charge on any atom is 0.125 e. The molecule has 94 valence electrons. The van der Waals surface area contributed by atoms with Crippen molar-refractivity contribution in [2.75, 3.05) is 11.4 Å². The van der Waals surface area contributed by atoms with Crippen LogP contribution < -0.4 is 4.90 Å². The lowest BCUT2D eigenvalue weighted by Gasteiger charge is -2.39. The molecule has 1 heterocycles. The van der Waals surface area contributed by atoms with Crippen molar-refractivity contribution in [2.24, 2.45) is 5.92 Å². The predicted octanol–water partition coefficient (Wildman–Crippen LogP) is 4.19. The van der Waals surface area contributed by atoms with Crippen LogP contribution in [-0.4, -0.2) is 12.6 Å². The molecule has 1 nitrogen and oxygen atoms in total. The molecule has 17 heavy (non-hydrogen) atoms. The number of nitrogens with zero attached hydrogens (tertiary/aromatic N) is 1. The third-order valence-electron chi connectivity index (χ3n) is 3.80. The number of piperidine rings is 1. The molecule has 1 aliphatic rings. The first kappa shape index (κ1) is 12.7. The van der Waals surface area contributed by atoms with Gasteiger partial charge in [0.1, 0.15) is 5.82 Å². The third kappa shape index (κ3) is 2.74. The van der Waals surface area contributed by atoms with Gasteiger partial charge in [0, 0.05) is 24.2 Å². The van der Waals surface area contributed by atoms with Crippen LogP contribution in [0.1, 0.15) is 32.3 Å². The van der Waals surface area contributed by atoms with E-state index >= 15 is 0 Å². The Hall–Kier alpha value is -0.760. The number of alkyl halides is 1. The molecule has 1 fully saturated rings. The van der Waals surface area contributed by atoms with Gasteiger partial charge in [-0.2, -0.15) is 0 Å². The van der Waals surface area contributed by atoms with Crippen LogP contribution >= 0.6 is 11.6 Å². The zero-order valence-electron chi connectivity index (χ0n) is 10.4. The lowest BCUT2D eigenvalue weighted by Crippen LogP contribution is -2.42. The van der Waals surface area contributed by atoms with E-state index in [1.807, 2.05) is 6.07 Å². The van der Waals surface area contributed by atoms with Gasteiger partial charge in [0.25, 0.3) is 0 Å². The van der Waals surface area contributed by atoms with Gasteiger partial charge in [-0.05, 0) is 49.4 Å². The van der Waals surface area contributed by atoms with Crippen LogP contribution in [-0.2, 0) is 5.88 Å². The predicted molar refractivity (Wildman–Crippen MR) is 71.2 cm³/mol. The van der Waals surface area contributed by atoms with E-state index in [-0.39, 0.29) is 5.82 Å². The highest BCUT2D eigenvalue weighted by Crippen LogP contribution is 2.29. The Kier molecular flexibility index (Phi) is 3.93. The van der Waals surface area contributed by atoms with Gasteiger partial charge in [0.05, 0.1) is 0 Å². The van der Waals surface area contributed by atoms with E-state index in [4.69, 9.17) is 11.6 Å². The normalized spacial score (nSPS) is 25.1. The fraction of sp³-hybridized carbons (Fsp3) is 0.571. The Morgan fingerprint density at radius 2 is 2.12 bits per heavy atom. The molecule has 1 aliphatic heterocycles. The Morgan fingerprint density at radius 3 is 2.82 bits per heavy atom. The van der Waals surface area contributed by atoms with Gasteiger partial charge < -0.3 is 4.90 Å². The van der Waals surface area contributed by atoms with E-state index < -0.39 is 0 Å². The van der Waals surface area contributed by atoms with Gasteiger partial charge in [-0.1, -0.05) is 6.92 Å². The summed E-state index contributed by atoms with van der Waals surface area (Å²) in [6.45, 7) is 5.49. The maximum atomic E-state index is 13.5. The number of benzene rings is 1. The van der Waals surface area contributed by atoms with Crippen molar-refractivity contribution in [2.45, 2.75) is 38.6 Å². The van der Waals surface area contributed by atoms with Crippen molar-refractivity contribution in [3.63, 3.8) is 0 Å². The van der Waals surface area contributed by atoms with Gasteiger partial charge in [-0.15, -0.1) is 11.6 Å². The van der Waals surface area contributed by atoms with E-state index in [1.165, 1.54) is 18.9 Å². The molecule has 0 bridgehead atoms. The first-order valence-electron chi connectivity index (χ1n) is 6.24. The molecule has 0 spiro atoms. The quantitative estimate of drug-likeness (QED) is 0.717. The lowest BCUT2D eigenvalue weighted by atomic mass is 9.91. The fourth-order valence-corrected chi connectivity index (χ4v) is 2.73. The lowest BCUT2D eigenvalue weighted by molar-refractivity contribution is 0.363. The van der Waals surface area contributed by atoms with Crippen LogP contribution in [0.3, 0.4) is 0 Å². The smallest absolute Gasteiger partial charge is 0.125 e. The molecule has 0 radical (unpaired) electrons.